The van der Waals surface area contributed by atoms with Gasteiger partial charge in [0.2, 0.25) is 11.8 Å². The third-order valence-corrected chi connectivity index (χ3v) is 12.0. The van der Waals surface area contributed by atoms with Crippen LogP contribution in [-0.2, 0) is 16.0 Å². The average Bonchev–Trinajstić information content (AvgIpc) is 3.60. The number of nitrogens with two attached hydrogens (primary N) is 1. The van der Waals surface area contributed by atoms with Gasteiger partial charge in [-0.15, -0.1) is 11.5 Å². The third-order valence-electron chi connectivity index (χ3n) is 11.7. The second kappa shape index (κ2) is 14.6. The fourth-order valence-corrected chi connectivity index (χ4v) is 8.94. The van der Waals surface area contributed by atoms with Crippen molar-refractivity contribution in [3.05, 3.63) is 69.1 Å². The Bertz CT molecular complexity index is 1790. The molecule has 2 aromatic carbocycles. The molecule has 2 unspecified atom stereocenters. The van der Waals surface area contributed by atoms with Crippen molar-refractivity contribution in [2.24, 2.45) is 5.92 Å². The lowest BCUT2D eigenvalue weighted by Crippen LogP contribution is -2.56. The molecule has 1 aromatic heterocycles. The zero-order valence-electron chi connectivity index (χ0n) is 28.8. The highest BCUT2D eigenvalue weighted by Gasteiger charge is 2.41. The van der Waals surface area contributed by atoms with E-state index in [-0.39, 0.29) is 30.0 Å². The monoisotopic (exact) mass is 698 g/mol. The number of halogens is 1. The van der Waals surface area contributed by atoms with Gasteiger partial charge in [0.1, 0.15) is 0 Å². The van der Waals surface area contributed by atoms with Crippen molar-refractivity contribution in [3.63, 3.8) is 0 Å². The lowest BCUT2D eigenvalue weighted by molar-refractivity contribution is -0.143. The van der Waals surface area contributed by atoms with E-state index < -0.39 is 5.92 Å². The molecule has 3 atom stereocenters. The lowest BCUT2D eigenvalue weighted by Gasteiger charge is -2.45. The number of carbonyl (C=O) groups excluding carboxylic acids is 2. The summed E-state index contributed by atoms with van der Waals surface area (Å²) in [5.74, 6) is 2.48. The zero-order chi connectivity index (χ0) is 34.9. The number of anilines is 1. The van der Waals surface area contributed by atoms with E-state index in [9.17, 15) is 14.4 Å². The number of hydrogen-bond acceptors (Lipinski definition) is 7. The van der Waals surface area contributed by atoms with Gasteiger partial charge < -0.3 is 20.4 Å². The number of rotatable bonds is 8. The standard InChI is InChI=1S/C38H47ClN8O3/c1-3-26-19-25(21-33(39)35(26)40)20-28(37(49)46-17-15-44(16-18-46)32-23-30-9-10-31(24-32)43(30)2)22-34(48)45-13-11-29(12-14-45)47-38(50)41-36(42-47)27-7-5-4-6-8-27/h1,4-8,19,21,28-32H,9-18,20,22-24,40H2,2H3,(H,41,42,50)/t28-,30?,31?,32?/m0/s1. The minimum absolute atomic E-state index is 0.0111. The number of nitrogen functional groups attached to an aromatic ring is 1. The number of terminal acetylenes is 1. The Morgan fingerprint density at radius 3 is 2.30 bits per heavy atom. The van der Waals surface area contributed by atoms with E-state index in [0.717, 1.165) is 24.2 Å². The number of likely N-dealkylation sites (tertiary alicyclic amines) is 1. The van der Waals surface area contributed by atoms with Crippen LogP contribution in [-0.4, -0.2) is 111 Å². The van der Waals surface area contributed by atoms with Crippen LogP contribution in [0, 0.1) is 18.3 Å². The summed E-state index contributed by atoms with van der Waals surface area (Å²) < 4.78 is 1.51. The van der Waals surface area contributed by atoms with E-state index in [4.69, 9.17) is 23.8 Å². The van der Waals surface area contributed by atoms with Crippen molar-refractivity contribution in [2.45, 2.75) is 75.5 Å². The number of aromatic amines is 1. The molecule has 3 N–H and O–H groups in total. The molecular weight excluding hydrogens is 652 g/mol. The zero-order valence-corrected chi connectivity index (χ0v) is 29.5. The Balaban J connectivity index is 1.01. The molecular formula is C38H47ClN8O3. The van der Waals surface area contributed by atoms with E-state index in [0.29, 0.717) is 85.7 Å². The first kappa shape index (κ1) is 34.3. The highest BCUT2D eigenvalue weighted by molar-refractivity contribution is 6.33. The second-order valence-corrected chi connectivity index (χ2v) is 14.9. The molecule has 12 heteroatoms. The molecule has 0 radical (unpaired) electrons. The molecule has 0 saturated carbocycles. The fourth-order valence-electron chi connectivity index (χ4n) is 8.70. The summed E-state index contributed by atoms with van der Waals surface area (Å²) in [5.41, 5.74) is 8.30. The highest BCUT2D eigenvalue weighted by Crippen LogP contribution is 2.37. The molecule has 5 heterocycles. The van der Waals surface area contributed by atoms with Gasteiger partial charge in [0.05, 0.1) is 22.7 Å². The van der Waals surface area contributed by atoms with Crippen LogP contribution in [0.15, 0.2) is 47.3 Å². The normalized spacial score (nSPS) is 23.9. The Kier molecular flexibility index (Phi) is 10.0. The molecule has 11 nitrogen and oxygen atoms in total. The van der Waals surface area contributed by atoms with Gasteiger partial charge in [-0.3, -0.25) is 19.5 Å². The molecule has 0 spiro atoms. The maximum atomic E-state index is 14.2. The van der Waals surface area contributed by atoms with Gasteiger partial charge in [0.15, 0.2) is 5.82 Å². The first-order valence-electron chi connectivity index (χ1n) is 18.0. The summed E-state index contributed by atoms with van der Waals surface area (Å²) in [7, 11) is 2.27. The highest BCUT2D eigenvalue weighted by atomic mass is 35.5. The second-order valence-electron chi connectivity index (χ2n) is 14.5. The molecule has 2 amide bonds. The first-order valence-corrected chi connectivity index (χ1v) is 18.4. The molecule has 4 fully saturated rings. The first-order chi connectivity index (χ1) is 24.2. The van der Waals surface area contributed by atoms with Crippen LogP contribution in [0.2, 0.25) is 5.02 Å². The molecule has 0 aliphatic carbocycles. The molecule has 50 heavy (non-hydrogen) atoms. The lowest BCUT2D eigenvalue weighted by atomic mass is 9.91. The summed E-state index contributed by atoms with van der Waals surface area (Å²) in [4.78, 5) is 52.7. The van der Waals surface area contributed by atoms with Crippen LogP contribution < -0.4 is 11.4 Å². The summed E-state index contributed by atoms with van der Waals surface area (Å²) in [6, 6.07) is 14.9. The van der Waals surface area contributed by atoms with Gasteiger partial charge >= 0.3 is 5.69 Å². The fraction of sp³-hybridized carbons (Fsp3) is 0.526. The number of aromatic nitrogens is 3. The van der Waals surface area contributed by atoms with Crippen LogP contribution in [0.25, 0.3) is 11.4 Å². The molecule has 7 rings (SSSR count). The van der Waals surface area contributed by atoms with Crippen molar-refractivity contribution in [2.75, 3.05) is 52.0 Å². The van der Waals surface area contributed by atoms with Crippen molar-refractivity contribution >= 4 is 29.1 Å². The Labute approximate surface area is 298 Å². The molecule has 264 valence electrons. The smallest absolute Gasteiger partial charge is 0.343 e. The Morgan fingerprint density at radius 1 is 0.960 bits per heavy atom. The predicted octanol–water partition coefficient (Wildman–Crippen LogP) is 3.64. The summed E-state index contributed by atoms with van der Waals surface area (Å²) in [5, 5.41) is 4.92. The Hall–Kier alpha value is -4.11. The van der Waals surface area contributed by atoms with Crippen molar-refractivity contribution in [3.8, 4) is 23.7 Å². The maximum Gasteiger partial charge on any atom is 0.343 e. The topological polar surface area (TPSA) is 124 Å². The number of H-pyrrole nitrogens is 1. The van der Waals surface area contributed by atoms with E-state index in [1.165, 1.54) is 30.4 Å². The van der Waals surface area contributed by atoms with Gasteiger partial charge in [0, 0.05) is 74.9 Å². The van der Waals surface area contributed by atoms with Crippen LogP contribution in [0.1, 0.15) is 62.1 Å². The van der Waals surface area contributed by atoms with Crippen LogP contribution in [0.3, 0.4) is 0 Å². The number of piperazine rings is 1. The summed E-state index contributed by atoms with van der Waals surface area (Å²) in [6.07, 6.45) is 12.3. The van der Waals surface area contributed by atoms with Gasteiger partial charge in [-0.05, 0) is 69.7 Å². The summed E-state index contributed by atoms with van der Waals surface area (Å²) in [6.45, 7) is 3.96. The van der Waals surface area contributed by atoms with Gasteiger partial charge in [-0.1, -0.05) is 47.9 Å². The molecule has 3 aromatic rings. The van der Waals surface area contributed by atoms with Crippen molar-refractivity contribution < 1.29 is 9.59 Å². The van der Waals surface area contributed by atoms with Gasteiger partial charge in [-0.2, -0.15) is 0 Å². The number of nitrogens with one attached hydrogen (secondary N) is 1. The number of piperidine rings is 2. The maximum absolute atomic E-state index is 14.2. The van der Waals surface area contributed by atoms with Gasteiger partial charge in [0.25, 0.3) is 0 Å². The molecule has 2 bridgehead atoms. The van der Waals surface area contributed by atoms with Gasteiger partial charge in [-0.25, -0.2) is 9.48 Å². The van der Waals surface area contributed by atoms with E-state index in [1.807, 2.05) is 40.1 Å². The van der Waals surface area contributed by atoms with Crippen LogP contribution in [0.4, 0.5) is 5.69 Å². The minimum Gasteiger partial charge on any atom is -0.397 e. The largest absolute Gasteiger partial charge is 0.397 e. The van der Waals surface area contributed by atoms with Crippen molar-refractivity contribution in [1.29, 1.82) is 0 Å². The number of fused-ring (bicyclic) bond motifs is 2. The third kappa shape index (κ3) is 7.07. The van der Waals surface area contributed by atoms with Crippen molar-refractivity contribution in [1.82, 2.24) is 34.4 Å². The predicted molar refractivity (Wildman–Crippen MR) is 194 cm³/mol. The number of benzene rings is 2. The van der Waals surface area contributed by atoms with Crippen LogP contribution >= 0.6 is 11.6 Å². The molecule has 4 aliphatic heterocycles. The molecule has 4 saturated heterocycles. The number of nitrogens with zero attached hydrogens (tertiary/aromatic N) is 6. The quantitative estimate of drug-likeness (QED) is 0.272. The minimum atomic E-state index is -0.571. The number of amides is 2. The number of hydrogen-bond donors (Lipinski definition) is 2. The van der Waals surface area contributed by atoms with E-state index in [2.05, 4.69) is 32.9 Å². The van der Waals surface area contributed by atoms with Crippen LogP contribution in [0.5, 0.6) is 0 Å². The Morgan fingerprint density at radius 2 is 1.64 bits per heavy atom. The van der Waals surface area contributed by atoms with E-state index >= 15 is 0 Å². The SMILES string of the molecule is C#Cc1cc(C[C@@H](CC(=O)N2CCC(n3nc(-c4ccccc4)[nH]c3=O)CC2)C(=O)N2CCN(C3CC4CCC(C3)N4C)CC2)cc(Cl)c1N. The summed E-state index contributed by atoms with van der Waals surface area (Å²) >= 11 is 6.44. The molecule has 4 aliphatic rings. The number of carbonyl (C=O) groups is 2. The average molecular weight is 699 g/mol. The van der Waals surface area contributed by atoms with E-state index in [1.54, 1.807) is 12.1 Å².